The highest BCUT2D eigenvalue weighted by Gasteiger charge is 2.44. The minimum absolute atomic E-state index is 0.214. The maximum atomic E-state index is 13.1. The molecule has 478 valence electrons. The summed E-state index contributed by atoms with van der Waals surface area (Å²) in [5.41, 5.74) is 0. The summed E-state index contributed by atoms with van der Waals surface area (Å²) in [6.07, 6.45) is 89.4. The van der Waals surface area contributed by atoms with E-state index in [0.717, 1.165) is 128 Å². The quantitative estimate of drug-likeness (QED) is 0.0261. The lowest BCUT2D eigenvalue weighted by atomic mass is 9.99. The number of ether oxygens (including phenoxy) is 2. The molecule has 1 fully saturated rings. The third-order valence-electron chi connectivity index (χ3n) is 15.1. The molecule has 0 aliphatic carbocycles. The van der Waals surface area contributed by atoms with Gasteiger partial charge in [0.1, 0.15) is 24.4 Å². The van der Waals surface area contributed by atoms with Crippen LogP contribution in [0.15, 0.2) is 146 Å². The Morgan fingerprint density at radius 1 is 0.417 bits per heavy atom. The van der Waals surface area contributed by atoms with Crippen LogP contribution in [0.25, 0.3) is 0 Å². The van der Waals surface area contributed by atoms with Crippen LogP contribution in [0.3, 0.4) is 0 Å². The fraction of sp³-hybridized carbons (Fsp3) is 0.667. The Bertz CT molecular complexity index is 1830. The van der Waals surface area contributed by atoms with Crippen molar-refractivity contribution in [3.63, 3.8) is 0 Å². The largest absolute Gasteiger partial charge is 0.394 e. The van der Waals surface area contributed by atoms with E-state index < -0.39 is 49.5 Å². The second-order valence-electron chi connectivity index (χ2n) is 22.9. The van der Waals surface area contributed by atoms with Crippen LogP contribution in [0.4, 0.5) is 0 Å². The van der Waals surface area contributed by atoms with Crippen LogP contribution in [0, 0.1) is 0 Å². The summed E-state index contributed by atoms with van der Waals surface area (Å²) in [5.74, 6) is -0.214. The van der Waals surface area contributed by atoms with Crippen molar-refractivity contribution in [2.45, 2.75) is 307 Å². The number of unbranched alkanes of at least 4 members (excludes halogenated alkanes) is 25. The Morgan fingerprint density at radius 3 is 1.14 bits per heavy atom. The molecule has 0 spiro atoms. The molecule has 7 unspecified atom stereocenters. The first-order valence-corrected chi connectivity index (χ1v) is 34.1. The van der Waals surface area contributed by atoms with E-state index in [1.165, 1.54) is 116 Å². The number of aliphatic hydroxyl groups excluding tert-OH is 5. The molecule has 84 heavy (non-hydrogen) atoms. The first-order chi connectivity index (χ1) is 41.3. The van der Waals surface area contributed by atoms with Crippen molar-refractivity contribution >= 4 is 5.91 Å². The number of nitrogens with one attached hydrogen (secondary N) is 1. The Kier molecular flexibility index (Phi) is 57.8. The predicted octanol–water partition coefficient (Wildman–Crippen LogP) is 18.6. The van der Waals surface area contributed by atoms with Gasteiger partial charge in [0.25, 0.3) is 0 Å². The van der Waals surface area contributed by atoms with Crippen LogP contribution in [0.5, 0.6) is 0 Å². The Labute approximate surface area is 514 Å². The number of hydrogen-bond acceptors (Lipinski definition) is 8. The Morgan fingerprint density at radius 2 is 0.750 bits per heavy atom. The van der Waals surface area contributed by atoms with Crippen molar-refractivity contribution in [1.29, 1.82) is 0 Å². The van der Waals surface area contributed by atoms with Gasteiger partial charge < -0.3 is 40.3 Å². The monoisotopic (exact) mass is 1170 g/mol. The molecular weight excluding hydrogens is 1040 g/mol. The van der Waals surface area contributed by atoms with Crippen molar-refractivity contribution in [2.75, 3.05) is 13.2 Å². The summed E-state index contributed by atoms with van der Waals surface area (Å²) >= 11 is 0. The number of allylic oxidation sites excluding steroid dienone is 23. The third kappa shape index (κ3) is 50.2. The molecule has 0 aromatic rings. The van der Waals surface area contributed by atoms with Gasteiger partial charge in [-0.25, -0.2) is 0 Å². The molecule has 0 radical (unpaired) electrons. The number of hydrogen-bond donors (Lipinski definition) is 6. The van der Waals surface area contributed by atoms with Crippen LogP contribution in [-0.4, -0.2) is 87.5 Å². The smallest absolute Gasteiger partial charge is 0.220 e. The van der Waals surface area contributed by atoms with Gasteiger partial charge in [0.15, 0.2) is 6.29 Å². The number of aliphatic hydroxyl groups is 5. The second kappa shape index (κ2) is 62.1. The molecule has 0 aromatic carbocycles. The van der Waals surface area contributed by atoms with Gasteiger partial charge in [-0.2, -0.15) is 0 Å². The van der Waals surface area contributed by atoms with Crippen LogP contribution < -0.4 is 5.32 Å². The molecule has 9 nitrogen and oxygen atoms in total. The van der Waals surface area contributed by atoms with Crippen molar-refractivity contribution in [3.05, 3.63) is 146 Å². The Hall–Kier alpha value is -3.93. The van der Waals surface area contributed by atoms with Crippen LogP contribution in [0.1, 0.15) is 264 Å². The average Bonchev–Trinajstić information content (AvgIpc) is 3.70. The lowest BCUT2D eigenvalue weighted by molar-refractivity contribution is -0.302. The van der Waals surface area contributed by atoms with Gasteiger partial charge in [0.05, 0.1) is 25.4 Å². The summed E-state index contributed by atoms with van der Waals surface area (Å²) < 4.78 is 11.3. The average molecular weight is 1170 g/mol. The van der Waals surface area contributed by atoms with Gasteiger partial charge in [0.2, 0.25) is 5.91 Å². The predicted molar refractivity (Wildman–Crippen MR) is 359 cm³/mol. The van der Waals surface area contributed by atoms with Gasteiger partial charge in [-0.15, -0.1) is 0 Å². The highest BCUT2D eigenvalue weighted by Crippen LogP contribution is 2.23. The van der Waals surface area contributed by atoms with Gasteiger partial charge in [-0.3, -0.25) is 4.79 Å². The number of carbonyl (C=O) groups is 1. The third-order valence-corrected chi connectivity index (χ3v) is 15.1. The maximum Gasteiger partial charge on any atom is 0.220 e. The fourth-order valence-corrected chi connectivity index (χ4v) is 9.83. The summed E-state index contributed by atoms with van der Waals surface area (Å²) in [7, 11) is 0. The SMILES string of the molecule is CC/C=C\C/C=C\C/C=C\C/C=C\C/C=C\C/C=C\C/C=C\C/C=C\C/C=C\CCCCCCCC(=O)NC(COC1OC(CO)C(O)C(O)C1O)C(O)/C=C/CC/C=C/CC/C=C/CCCCCCCCCCCCCCCCCCCC. The molecular formula is C75H125NO8. The highest BCUT2D eigenvalue weighted by atomic mass is 16.7. The van der Waals surface area contributed by atoms with Crippen molar-refractivity contribution in [1.82, 2.24) is 5.32 Å². The first kappa shape index (κ1) is 78.1. The van der Waals surface area contributed by atoms with Crippen LogP contribution in [0.2, 0.25) is 0 Å². The summed E-state index contributed by atoms with van der Waals surface area (Å²) in [6.45, 7) is 3.64. The van der Waals surface area contributed by atoms with E-state index >= 15 is 0 Å². The number of carbonyl (C=O) groups excluding carboxylic acids is 1. The lowest BCUT2D eigenvalue weighted by Gasteiger charge is -2.40. The molecule has 0 saturated carbocycles. The van der Waals surface area contributed by atoms with E-state index in [-0.39, 0.29) is 12.5 Å². The summed E-state index contributed by atoms with van der Waals surface area (Å²) in [5, 5.41) is 54.7. The van der Waals surface area contributed by atoms with Gasteiger partial charge >= 0.3 is 0 Å². The minimum atomic E-state index is -1.59. The molecule has 0 aromatic heterocycles. The zero-order chi connectivity index (χ0) is 60.7. The molecule has 9 heteroatoms. The van der Waals surface area contributed by atoms with Crippen molar-refractivity contribution in [2.24, 2.45) is 0 Å². The molecule has 1 heterocycles. The van der Waals surface area contributed by atoms with Gasteiger partial charge in [0, 0.05) is 6.42 Å². The van der Waals surface area contributed by atoms with Crippen LogP contribution in [-0.2, 0) is 14.3 Å². The molecule has 1 amide bonds. The maximum absolute atomic E-state index is 13.1. The molecule has 1 aliphatic rings. The van der Waals surface area contributed by atoms with Gasteiger partial charge in [-0.05, 0) is 116 Å². The van der Waals surface area contributed by atoms with E-state index in [0.29, 0.717) is 6.42 Å². The van der Waals surface area contributed by atoms with E-state index in [9.17, 15) is 30.3 Å². The Balaban J connectivity index is 2.24. The fourth-order valence-electron chi connectivity index (χ4n) is 9.83. The van der Waals surface area contributed by atoms with E-state index in [2.05, 4.69) is 153 Å². The second-order valence-corrected chi connectivity index (χ2v) is 22.9. The molecule has 7 atom stereocenters. The molecule has 1 aliphatic heterocycles. The van der Waals surface area contributed by atoms with Crippen molar-refractivity contribution in [3.8, 4) is 0 Å². The minimum Gasteiger partial charge on any atom is -0.394 e. The molecule has 1 rings (SSSR count). The normalized spacial score (nSPS) is 19.2. The van der Waals surface area contributed by atoms with Crippen LogP contribution >= 0.6 is 0 Å². The highest BCUT2D eigenvalue weighted by molar-refractivity contribution is 5.76. The van der Waals surface area contributed by atoms with Crippen molar-refractivity contribution < 1.29 is 39.8 Å². The van der Waals surface area contributed by atoms with E-state index in [4.69, 9.17) is 9.47 Å². The summed E-state index contributed by atoms with van der Waals surface area (Å²) in [4.78, 5) is 13.1. The first-order valence-electron chi connectivity index (χ1n) is 34.1. The molecule has 0 bridgehead atoms. The molecule has 1 saturated heterocycles. The van der Waals surface area contributed by atoms with E-state index in [1.54, 1.807) is 6.08 Å². The molecule has 6 N–H and O–H groups in total. The number of amides is 1. The lowest BCUT2D eigenvalue weighted by Crippen LogP contribution is -2.60. The van der Waals surface area contributed by atoms with Gasteiger partial charge in [-0.1, -0.05) is 288 Å². The zero-order valence-electron chi connectivity index (χ0n) is 53.4. The number of rotatable bonds is 57. The van der Waals surface area contributed by atoms with E-state index in [1.807, 2.05) is 6.08 Å². The summed E-state index contributed by atoms with van der Waals surface area (Å²) in [6, 6.07) is -0.852. The standard InChI is InChI=1S/C75H125NO8/c1-3-5-7-9-11-13-15-17-19-21-23-25-27-29-31-33-34-35-36-37-39-41-43-45-47-49-51-53-55-57-59-61-63-65-71(79)76-68(67-83-75-74(82)73(81)72(80)70(66-77)84-75)69(78)64-62-60-58-56-54-52-50-48-46-44-42-40-38-32-30-28-26-24-22-20-18-16-14-12-10-8-6-4-2/h5,7,11,13,17,19,23,25,29,31,34-35,37,39,43,45-46,48-49,51,54,56,62,64,68-70,72-75,77-78,80-82H,3-4,6,8-10,12,14-16,18,20-22,24,26-28,30,32-33,36,38,40-42,44,47,50,52-53,55,57-61,63,65-67H2,1-2H3,(H,76,79)/b7-5-,13-11-,19-17-,25-23-,31-29-,35-34-,39-37-,45-43-,48-46+,51-49-,56-54+,64-62+. The topological polar surface area (TPSA) is 149 Å². The zero-order valence-corrected chi connectivity index (χ0v) is 53.4.